The Kier molecular flexibility index (Phi) is 4.71. The van der Waals surface area contributed by atoms with Gasteiger partial charge in [0.05, 0.1) is 11.8 Å². The topological polar surface area (TPSA) is 87.8 Å². The highest BCUT2D eigenvalue weighted by Crippen LogP contribution is 2.10. The normalized spacial score (nSPS) is 11.4. The molecule has 0 aliphatic heterocycles. The van der Waals surface area contributed by atoms with E-state index >= 15 is 0 Å². The predicted octanol–water partition coefficient (Wildman–Crippen LogP) is 1.71. The Morgan fingerprint density at radius 2 is 2.18 bits per heavy atom. The summed E-state index contributed by atoms with van der Waals surface area (Å²) in [7, 11) is -4.53. The highest BCUT2D eigenvalue weighted by atomic mass is 32.2. The molecule has 0 aliphatic rings. The van der Waals surface area contributed by atoms with Crippen LogP contribution < -0.4 is 0 Å². The molecule has 1 aromatic rings. The van der Waals surface area contributed by atoms with Crippen LogP contribution in [0.2, 0.25) is 0 Å². The Hall–Kier alpha value is -1.34. The van der Waals surface area contributed by atoms with Crippen LogP contribution in [0.15, 0.2) is 23.0 Å². The van der Waals surface area contributed by atoms with Gasteiger partial charge in [0.25, 0.3) is 5.91 Å². The summed E-state index contributed by atoms with van der Waals surface area (Å²) in [5, 5.41) is 0. The lowest BCUT2D eigenvalue weighted by Crippen LogP contribution is -2.37. The molecule has 7 heteroatoms. The lowest BCUT2D eigenvalue weighted by molar-refractivity contribution is 0.0849. The molecule has 96 valence electrons. The van der Waals surface area contributed by atoms with Gasteiger partial charge in [0.1, 0.15) is 6.26 Å². The minimum Gasteiger partial charge on any atom is -0.472 e. The second kappa shape index (κ2) is 5.83. The summed E-state index contributed by atoms with van der Waals surface area (Å²) in [5.74, 6) is -0.780. The molecule has 0 bridgehead atoms. The van der Waals surface area contributed by atoms with Crippen molar-refractivity contribution in [1.29, 1.82) is 0 Å². The molecule has 0 saturated carbocycles. The maximum absolute atomic E-state index is 11.8. The van der Waals surface area contributed by atoms with E-state index in [2.05, 4.69) is 0 Å². The molecule has 1 amide bonds. The zero-order valence-electron chi connectivity index (χ0n) is 9.50. The van der Waals surface area contributed by atoms with Crippen LogP contribution in [0.5, 0.6) is 0 Å². The minimum absolute atomic E-state index is 0.0311. The maximum Gasteiger partial charge on any atom is 0.362 e. The van der Waals surface area contributed by atoms with Gasteiger partial charge < -0.3 is 4.42 Å². The van der Waals surface area contributed by atoms with Gasteiger partial charge in [-0.15, -0.1) is 0 Å². The van der Waals surface area contributed by atoms with E-state index in [-0.39, 0.29) is 12.1 Å². The number of amides is 1. The van der Waals surface area contributed by atoms with E-state index in [9.17, 15) is 13.2 Å². The third-order valence-electron chi connectivity index (χ3n) is 2.24. The number of hydrogen-bond acceptors (Lipinski definition) is 4. The van der Waals surface area contributed by atoms with Crippen molar-refractivity contribution in [1.82, 2.24) is 4.31 Å². The average molecular weight is 261 g/mol. The van der Waals surface area contributed by atoms with E-state index in [4.69, 9.17) is 8.97 Å². The first-order valence-corrected chi connectivity index (χ1v) is 6.68. The summed E-state index contributed by atoms with van der Waals surface area (Å²) >= 11 is 0. The molecule has 0 spiro atoms. The van der Waals surface area contributed by atoms with E-state index in [1.165, 1.54) is 12.3 Å². The molecule has 0 aliphatic carbocycles. The molecule has 1 rings (SSSR count). The summed E-state index contributed by atoms with van der Waals surface area (Å²) < 4.78 is 36.3. The molecule has 17 heavy (non-hydrogen) atoms. The smallest absolute Gasteiger partial charge is 0.362 e. The molecule has 0 fully saturated rings. The predicted molar refractivity (Wildman–Crippen MR) is 60.8 cm³/mol. The van der Waals surface area contributed by atoms with Gasteiger partial charge in [0, 0.05) is 6.54 Å². The molecular weight excluding hydrogens is 246 g/mol. The first-order chi connectivity index (χ1) is 7.96. The lowest BCUT2D eigenvalue weighted by Gasteiger charge is -2.17. The quantitative estimate of drug-likeness (QED) is 0.622. The maximum atomic E-state index is 11.8. The molecule has 0 saturated heterocycles. The second-order valence-electron chi connectivity index (χ2n) is 3.57. The Labute approximate surface area is 100 Å². The SMILES string of the molecule is CCCCCN(C(=O)c1ccoc1)S(=O)(=O)O. The van der Waals surface area contributed by atoms with Crippen molar-refractivity contribution in [2.75, 3.05) is 6.54 Å². The van der Waals surface area contributed by atoms with Crippen molar-refractivity contribution < 1.29 is 22.2 Å². The highest BCUT2D eigenvalue weighted by Gasteiger charge is 2.26. The molecule has 0 radical (unpaired) electrons. The summed E-state index contributed by atoms with van der Waals surface area (Å²) in [6.07, 6.45) is 4.59. The van der Waals surface area contributed by atoms with Crippen molar-refractivity contribution in [2.45, 2.75) is 26.2 Å². The van der Waals surface area contributed by atoms with Crippen molar-refractivity contribution in [3.8, 4) is 0 Å². The van der Waals surface area contributed by atoms with Gasteiger partial charge in [-0.1, -0.05) is 19.8 Å². The largest absolute Gasteiger partial charge is 0.472 e. The molecule has 6 nitrogen and oxygen atoms in total. The van der Waals surface area contributed by atoms with E-state index in [0.717, 1.165) is 19.1 Å². The van der Waals surface area contributed by atoms with E-state index in [1.807, 2.05) is 6.92 Å². The Balaban J connectivity index is 2.81. The van der Waals surface area contributed by atoms with Crippen LogP contribution in [0.3, 0.4) is 0 Å². The van der Waals surface area contributed by atoms with E-state index < -0.39 is 16.2 Å². The van der Waals surface area contributed by atoms with Crippen LogP contribution in [0, 0.1) is 0 Å². The number of nitrogens with zero attached hydrogens (tertiary/aromatic N) is 1. The zero-order valence-corrected chi connectivity index (χ0v) is 10.3. The summed E-state index contributed by atoms with van der Waals surface area (Å²) in [6, 6.07) is 1.35. The molecular formula is C10H15NO5S. The van der Waals surface area contributed by atoms with Crippen LogP contribution in [0.25, 0.3) is 0 Å². The monoisotopic (exact) mass is 261 g/mol. The van der Waals surface area contributed by atoms with Crippen molar-refractivity contribution in [2.24, 2.45) is 0 Å². The van der Waals surface area contributed by atoms with Crippen LogP contribution in [-0.2, 0) is 10.3 Å². The van der Waals surface area contributed by atoms with Crippen LogP contribution >= 0.6 is 0 Å². The van der Waals surface area contributed by atoms with E-state index in [0.29, 0.717) is 10.7 Å². The van der Waals surface area contributed by atoms with Gasteiger partial charge in [-0.25, -0.2) is 4.31 Å². The van der Waals surface area contributed by atoms with Gasteiger partial charge in [0.15, 0.2) is 0 Å². The number of carbonyl (C=O) groups is 1. The third-order valence-corrected chi connectivity index (χ3v) is 3.14. The number of carbonyl (C=O) groups excluding carboxylic acids is 1. The Morgan fingerprint density at radius 1 is 1.47 bits per heavy atom. The summed E-state index contributed by atoms with van der Waals surface area (Å²) in [5.41, 5.74) is 0.0964. The fraction of sp³-hybridized carbons (Fsp3) is 0.500. The van der Waals surface area contributed by atoms with Gasteiger partial charge in [-0.2, -0.15) is 8.42 Å². The number of hydrogen-bond donors (Lipinski definition) is 1. The van der Waals surface area contributed by atoms with Crippen LogP contribution in [-0.4, -0.2) is 29.7 Å². The Bertz CT molecular complexity index is 451. The molecule has 1 heterocycles. The van der Waals surface area contributed by atoms with Crippen molar-refractivity contribution in [3.63, 3.8) is 0 Å². The lowest BCUT2D eigenvalue weighted by atomic mass is 10.2. The molecule has 0 atom stereocenters. The molecule has 0 aromatic carbocycles. The first-order valence-electron chi connectivity index (χ1n) is 5.28. The fourth-order valence-electron chi connectivity index (χ4n) is 1.36. The summed E-state index contributed by atoms with van der Waals surface area (Å²) in [4.78, 5) is 11.8. The first kappa shape index (κ1) is 13.7. The van der Waals surface area contributed by atoms with Crippen molar-refractivity contribution >= 4 is 16.2 Å². The number of rotatable bonds is 6. The standard InChI is InChI=1S/C10H15NO5S/c1-2-3-4-6-11(17(13,14)15)10(12)9-5-7-16-8-9/h5,7-8H,2-4,6H2,1H3,(H,13,14,15). The van der Waals surface area contributed by atoms with E-state index in [1.54, 1.807) is 0 Å². The van der Waals surface area contributed by atoms with Gasteiger partial charge >= 0.3 is 10.3 Å². The van der Waals surface area contributed by atoms with Gasteiger partial charge in [-0.3, -0.25) is 9.35 Å². The minimum atomic E-state index is -4.53. The number of unbranched alkanes of at least 4 members (excludes halogenated alkanes) is 2. The summed E-state index contributed by atoms with van der Waals surface area (Å²) in [6.45, 7) is 1.92. The second-order valence-corrected chi connectivity index (χ2v) is 4.91. The fourth-order valence-corrected chi connectivity index (χ4v) is 2.03. The van der Waals surface area contributed by atoms with Crippen LogP contribution in [0.1, 0.15) is 36.5 Å². The molecule has 0 unspecified atom stereocenters. The van der Waals surface area contributed by atoms with Crippen LogP contribution in [0.4, 0.5) is 0 Å². The number of furan rings is 1. The Morgan fingerprint density at radius 3 is 2.65 bits per heavy atom. The van der Waals surface area contributed by atoms with Gasteiger partial charge in [0.2, 0.25) is 0 Å². The molecule has 1 aromatic heterocycles. The average Bonchev–Trinajstić information content (AvgIpc) is 2.75. The zero-order chi connectivity index (χ0) is 12.9. The molecule has 1 N–H and O–H groups in total. The van der Waals surface area contributed by atoms with Gasteiger partial charge in [-0.05, 0) is 12.5 Å². The van der Waals surface area contributed by atoms with Crippen molar-refractivity contribution in [3.05, 3.63) is 24.2 Å². The third kappa shape index (κ3) is 3.86. The highest BCUT2D eigenvalue weighted by molar-refractivity contribution is 7.84.